The fraction of sp³-hybridized carbons (Fsp3) is 0. The first kappa shape index (κ1) is 13.9. The summed E-state index contributed by atoms with van der Waals surface area (Å²) in [6.45, 7) is 0. The number of halogens is 2. The quantitative estimate of drug-likeness (QED) is 0.622. The number of nitrogens with zero attached hydrogens (tertiary/aromatic N) is 1. The highest BCUT2D eigenvalue weighted by molar-refractivity contribution is 9.10. The fourth-order valence-corrected chi connectivity index (χ4v) is 2.77. The van der Waals surface area contributed by atoms with Crippen LogP contribution in [-0.4, -0.2) is 0 Å². The second kappa shape index (κ2) is 5.77. The van der Waals surface area contributed by atoms with E-state index in [2.05, 4.69) is 27.3 Å². The minimum absolute atomic E-state index is 0.645. The second-order valence-corrected chi connectivity index (χ2v) is 5.89. The molecule has 0 heterocycles. The van der Waals surface area contributed by atoms with Gasteiger partial charge in [0.2, 0.25) is 0 Å². The molecule has 102 valence electrons. The van der Waals surface area contributed by atoms with Gasteiger partial charge in [0.1, 0.15) is 0 Å². The highest BCUT2D eigenvalue weighted by Crippen LogP contribution is 2.33. The molecule has 0 fully saturated rings. The molecule has 0 aliphatic heterocycles. The smallest absolute Gasteiger partial charge is 0.0998 e. The molecular formula is C17H10BrClN2. The lowest BCUT2D eigenvalue weighted by Gasteiger charge is -2.12. The molecule has 0 unspecified atom stereocenters. The number of hydrogen-bond donors (Lipinski definition) is 1. The minimum atomic E-state index is 0.645. The van der Waals surface area contributed by atoms with Crippen LogP contribution in [0.4, 0.5) is 11.4 Å². The molecule has 0 amide bonds. The predicted octanol–water partition coefficient (Wildman–Crippen LogP) is 5.87. The molecule has 0 spiro atoms. The maximum absolute atomic E-state index is 9.20. The van der Waals surface area contributed by atoms with Gasteiger partial charge in [-0.25, -0.2) is 0 Å². The number of anilines is 2. The van der Waals surface area contributed by atoms with Crippen LogP contribution in [0.5, 0.6) is 0 Å². The predicted molar refractivity (Wildman–Crippen MR) is 91.1 cm³/mol. The zero-order chi connectivity index (χ0) is 14.8. The molecule has 3 rings (SSSR count). The molecule has 3 aromatic rings. The van der Waals surface area contributed by atoms with E-state index in [4.69, 9.17) is 11.6 Å². The third-order valence-electron chi connectivity index (χ3n) is 3.24. The van der Waals surface area contributed by atoms with Gasteiger partial charge in [0, 0.05) is 20.9 Å². The van der Waals surface area contributed by atoms with Crippen LogP contribution in [0, 0.1) is 11.3 Å². The van der Waals surface area contributed by atoms with Crippen molar-refractivity contribution in [2.24, 2.45) is 0 Å². The Morgan fingerprint density at radius 3 is 2.48 bits per heavy atom. The van der Waals surface area contributed by atoms with E-state index >= 15 is 0 Å². The summed E-state index contributed by atoms with van der Waals surface area (Å²) in [7, 11) is 0. The summed E-state index contributed by atoms with van der Waals surface area (Å²) in [5.41, 5.74) is 2.40. The fourth-order valence-electron chi connectivity index (χ4n) is 2.24. The average molecular weight is 358 g/mol. The number of hydrogen-bond acceptors (Lipinski definition) is 2. The zero-order valence-electron chi connectivity index (χ0n) is 10.9. The first-order chi connectivity index (χ1) is 10.2. The molecule has 1 N–H and O–H groups in total. The van der Waals surface area contributed by atoms with E-state index < -0.39 is 0 Å². The standard InChI is InChI=1S/C17H10BrClN2/c18-12-6-7-15(19)17(9-12)21-16-8-5-11(10-20)13-3-1-2-4-14(13)16/h1-9,21H. The normalized spacial score (nSPS) is 10.3. The lowest BCUT2D eigenvalue weighted by molar-refractivity contribution is 1.50. The molecule has 0 aromatic heterocycles. The highest BCUT2D eigenvalue weighted by Gasteiger charge is 2.07. The molecule has 4 heteroatoms. The van der Waals surface area contributed by atoms with Gasteiger partial charge in [-0.1, -0.05) is 51.8 Å². The van der Waals surface area contributed by atoms with Crippen LogP contribution >= 0.6 is 27.5 Å². The van der Waals surface area contributed by atoms with Crippen LogP contribution in [0.3, 0.4) is 0 Å². The lowest BCUT2D eigenvalue weighted by Crippen LogP contribution is -1.93. The van der Waals surface area contributed by atoms with Crippen LogP contribution in [0.15, 0.2) is 59.1 Å². The van der Waals surface area contributed by atoms with Crippen LogP contribution in [0.25, 0.3) is 10.8 Å². The first-order valence-electron chi connectivity index (χ1n) is 6.33. The molecule has 0 aliphatic carbocycles. The molecule has 21 heavy (non-hydrogen) atoms. The van der Waals surface area contributed by atoms with E-state index in [0.717, 1.165) is 26.6 Å². The van der Waals surface area contributed by atoms with Gasteiger partial charge in [0.25, 0.3) is 0 Å². The highest BCUT2D eigenvalue weighted by atomic mass is 79.9. The Bertz CT molecular complexity index is 868. The van der Waals surface area contributed by atoms with Crippen LogP contribution in [0.1, 0.15) is 5.56 Å². The first-order valence-corrected chi connectivity index (χ1v) is 7.50. The van der Waals surface area contributed by atoms with Crippen molar-refractivity contribution in [3.8, 4) is 6.07 Å². The monoisotopic (exact) mass is 356 g/mol. The number of benzene rings is 3. The van der Waals surface area contributed by atoms with Gasteiger partial charge in [-0.05, 0) is 30.3 Å². The van der Waals surface area contributed by atoms with Crippen molar-refractivity contribution in [2.75, 3.05) is 5.32 Å². The van der Waals surface area contributed by atoms with Crippen molar-refractivity contribution in [3.63, 3.8) is 0 Å². The van der Waals surface area contributed by atoms with Crippen molar-refractivity contribution >= 4 is 49.7 Å². The van der Waals surface area contributed by atoms with Gasteiger partial charge in [0.05, 0.1) is 22.3 Å². The minimum Gasteiger partial charge on any atom is -0.354 e. The van der Waals surface area contributed by atoms with Gasteiger partial charge in [-0.3, -0.25) is 0 Å². The zero-order valence-corrected chi connectivity index (χ0v) is 13.2. The van der Waals surface area contributed by atoms with E-state index in [9.17, 15) is 5.26 Å². The van der Waals surface area contributed by atoms with E-state index in [1.807, 2.05) is 54.6 Å². The summed E-state index contributed by atoms with van der Waals surface area (Å²) in [4.78, 5) is 0. The van der Waals surface area contributed by atoms with Crippen LogP contribution in [-0.2, 0) is 0 Å². The van der Waals surface area contributed by atoms with Gasteiger partial charge in [-0.15, -0.1) is 0 Å². The Morgan fingerprint density at radius 2 is 1.71 bits per heavy atom. The van der Waals surface area contributed by atoms with E-state index in [0.29, 0.717) is 10.6 Å². The summed E-state index contributed by atoms with van der Waals surface area (Å²) in [6.07, 6.45) is 0. The molecule has 0 atom stereocenters. The molecule has 0 bridgehead atoms. The molecule has 0 radical (unpaired) electrons. The number of rotatable bonds is 2. The van der Waals surface area contributed by atoms with Gasteiger partial charge in [0.15, 0.2) is 0 Å². The Labute approximate surface area is 136 Å². The van der Waals surface area contributed by atoms with Crippen molar-refractivity contribution in [1.82, 2.24) is 0 Å². The lowest BCUT2D eigenvalue weighted by atomic mass is 10.0. The van der Waals surface area contributed by atoms with E-state index in [-0.39, 0.29) is 0 Å². The summed E-state index contributed by atoms with van der Waals surface area (Å²) < 4.78 is 0.951. The van der Waals surface area contributed by atoms with Crippen LogP contribution < -0.4 is 5.32 Å². The molecule has 0 saturated carbocycles. The summed E-state index contributed by atoms with van der Waals surface area (Å²) in [6, 6.07) is 19.4. The molecule has 0 saturated heterocycles. The van der Waals surface area contributed by atoms with Crippen molar-refractivity contribution in [2.45, 2.75) is 0 Å². The maximum atomic E-state index is 9.20. The van der Waals surface area contributed by atoms with Crippen LogP contribution in [0.2, 0.25) is 5.02 Å². The number of nitrogens with one attached hydrogen (secondary N) is 1. The Balaban J connectivity index is 2.14. The summed E-state index contributed by atoms with van der Waals surface area (Å²) >= 11 is 9.66. The molecule has 0 aliphatic rings. The van der Waals surface area contributed by atoms with Crippen molar-refractivity contribution in [3.05, 3.63) is 69.7 Å². The van der Waals surface area contributed by atoms with Gasteiger partial charge >= 0.3 is 0 Å². The van der Waals surface area contributed by atoms with E-state index in [1.165, 1.54) is 0 Å². The summed E-state index contributed by atoms with van der Waals surface area (Å²) in [5.74, 6) is 0. The van der Waals surface area contributed by atoms with E-state index in [1.54, 1.807) is 0 Å². The maximum Gasteiger partial charge on any atom is 0.0998 e. The van der Waals surface area contributed by atoms with Crippen molar-refractivity contribution < 1.29 is 0 Å². The van der Waals surface area contributed by atoms with Gasteiger partial charge in [-0.2, -0.15) is 5.26 Å². The Hall–Kier alpha value is -2.02. The third kappa shape index (κ3) is 2.73. The van der Waals surface area contributed by atoms with Gasteiger partial charge < -0.3 is 5.32 Å². The third-order valence-corrected chi connectivity index (χ3v) is 4.07. The molecular weight excluding hydrogens is 348 g/mol. The number of nitriles is 1. The second-order valence-electron chi connectivity index (χ2n) is 4.57. The Morgan fingerprint density at radius 1 is 0.952 bits per heavy atom. The topological polar surface area (TPSA) is 35.8 Å². The summed E-state index contributed by atoms with van der Waals surface area (Å²) in [5, 5.41) is 15.1. The molecule has 3 aromatic carbocycles. The average Bonchev–Trinajstić information content (AvgIpc) is 2.51. The van der Waals surface area contributed by atoms with Crippen molar-refractivity contribution in [1.29, 1.82) is 5.26 Å². The number of fused-ring (bicyclic) bond motifs is 1. The Kier molecular flexibility index (Phi) is 3.83. The SMILES string of the molecule is N#Cc1ccc(Nc2cc(Br)ccc2Cl)c2ccccc12. The largest absolute Gasteiger partial charge is 0.354 e. The molecule has 2 nitrogen and oxygen atoms in total.